The Labute approximate surface area is 234 Å². The normalized spacial score (nSPS) is 34.4. The Bertz CT molecular complexity index is 1350. The standard InChI is InChI=1S/C32H36N2O6/c1-27(2)29(5)15-17-31(27,39-25(29)37)23(35)33-21-11-7-19(8-12-21)20-9-13-22(14-10-20)34-24(36)32-18-16-30(6,26(38)40-32)28(32,3)4/h7-14H,15-18H2,1-6H3,(H,33,35)(H,34,36)/t29-,30-,31-,32+/m1/s1. The molecule has 4 fully saturated rings. The third-order valence-electron chi connectivity index (χ3n) is 11.5. The Morgan fingerprint density at radius 2 is 0.900 bits per heavy atom. The first kappa shape index (κ1) is 26.5. The minimum Gasteiger partial charge on any atom is -0.448 e. The zero-order valence-corrected chi connectivity index (χ0v) is 23.9. The second kappa shape index (κ2) is 7.95. The first-order valence-electron chi connectivity index (χ1n) is 13.9. The van der Waals surface area contributed by atoms with Crippen LogP contribution in [0.2, 0.25) is 0 Å². The number of ether oxygens (including phenoxy) is 2. The van der Waals surface area contributed by atoms with Crippen LogP contribution in [0.15, 0.2) is 48.5 Å². The van der Waals surface area contributed by atoms with Crippen LogP contribution in [0.5, 0.6) is 0 Å². The van der Waals surface area contributed by atoms with Gasteiger partial charge in [-0.05, 0) is 74.9 Å². The highest BCUT2D eigenvalue weighted by atomic mass is 16.6. The quantitative estimate of drug-likeness (QED) is 0.483. The Balaban J connectivity index is 1.13. The molecule has 210 valence electrons. The van der Waals surface area contributed by atoms with Crippen LogP contribution in [0.1, 0.15) is 67.2 Å². The van der Waals surface area contributed by atoms with E-state index in [0.29, 0.717) is 37.1 Å². The van der Waals surface area contributed by atoms with Crippen molar-refractivity contribution >= 4 is 35.1 Å². The van der Waals surface area contributed by atoms with Crippen LogP contribution in [0.4, 0.5) is 11.4 Å². The molecule has 4 aliphatic rings. The molecular formula is C32H36N2O6. The smallest absolute Gasteiger partial charge is 0.313 e. The molecule has 2 saturated heterocycles. The van der Waals surface area contributed by atoms with Crippen molar-refractivity contribution in [3.05, 3.63) is 48.5 Å². The second-order valence-electron chi connectivity index (χ2n) is 13.4. The summed E-state index contributed by atoms with van der Waals surface area (Å²) < 4.78 is 11.4. The number of hydrogen-bond donors (Lipinski definition) is 2. The van der Waals surface area contributed by atoms with Crippen LogP contribution in [-0.2, 0) is 28.7 Å². The highest BCUT2D eigenvalue weighted by Gasteiger charge is 2.76. The maximum absolute atomic E-state index is 13.3. The predicted octanol–water partition coefficient (Wildman–Crippen LogP) is 5.47. The fourth-order valence-electron chi connectivity index (χ4n) is 7.45. The van der Waals surface area contributed by atoms with Crippen LogP contribution in [0.25, 0.3) is 11.1 Å². The molecule has 2 aliphatic carbocycles. The van der Waals surface area contributed by atoms with E-state index in [1.165, 1.54) is 0 Å². The lowest BCUT2D eigenvalue weighted by Crippen LogP contribution is -2.50. The molecule has 0 aromatic heterocycles. The lowest BCUT2D eigenvalue weighted by Gasteiger charge is -2.35. The number of fused-ring (bicyclic) bond motifs is 4. The van der Waals surface area contributed by atoms with Crippen LogP contribution < -0.4 is 10.6 Å². The maximum Gasteiger partial charge on any atom is 0.313 e. The van der Waals surface area contributed by atoms with E-state index < -0.39 is 32.9 Å². The number of rotatable bonds is 5. The largest absolute Gasteiger partial charge is 0.448 e. The topological polar surface area (TPSA) is 111 Å². The average molecular weight is 545 g/mol. The van der Waals surface area contributed by atoms with Gasteiger partial charge in [-0.25, -0.2) is 0 Å². The highest BCUT2D eigenvalue weighted by molar-refractivity contribution is 6.04. The molecule has 0 unspecified atom stereocenters. The number of hydrogen-bond acceptors (Lipinski definition) is 6. The Kier molecular flexibility index (Phi) is 5.28. The van der Waals surface area contributed by atoms with Crippen molar-refractivity contribution in [2.45, 2.75) is 78.4 Å². The van der Waals surface area contributed by atoms with Gasteiger partial charge in [-0.3, -0.25) is 19.2 Å². The van der Waals surface area contributed by atoms with Gasteiger partial charge in [0, 0.05) is 22.2 Å². The number of carbonyl (C=O) groups is 4. The van der Waals surface area contributed by atoms with Gasteiger partial charge in [0.25, 0.3) is 11.8 Å². The summed E-state index contributed by atoms with van der Waals surface area (Å²) in [7, 11) is 0. The molecular weight excluding hydrogens is 508 g/mol. The molecule has 2 aromatic carbocycles. The summed E-state index contributed by atoms with van der Waals surface area (Å²) in [6, 6.07) is 14.9. The molecule has 2 amide bonds. The summed E-state index contributed by atoms with van der Waals surface area (Å²) in [6.45, 7) is 11.5. The zero-order chi connectivity index (χ0) is 28.9. The van der Waals surface area contributed by atoms with Crippen molar-refractivity contribution in [2.75, 3.05) is 10.6 Å². The molecule has 2 N–H and O–H groups in total. The monoisotopic (exact) mass is 544 g/mol. The van der Waals surface area contributed by atoms with Crippen molar-refractivity contribution in [2.24, 2.45) is 21.7 Å². The Morgan fingerprint density at radius 1 is 0.575 bits per heavy atom. The lowest BCUT2D eigenvalue weighted by molar-refractivity contribution is -0.166. The van der Waals surface area contributed by atoms with Crippen LogP contribution in [0.3, 0.4) is 0 Å². The van der Waals surface area contributed by atoms with Crippen molar-refractivity contribution in [1.82, 2.24) is 0 Å². The van der Waals surface area contributed by atoms with E-state index in [4.69, 9.17) is 9.47 Å². The number of benzene rings is 2. The van der Waals surface area contributed by atoms with Gasteiger partial charge in [-0.1, -0.05) is 52.0 Å². The third-order valence-corrected chi connectivity index (χ3v) is 11.5. The van der Waals surface area contributed by atoms with Gasteiger partial charge in [-0.15, -0.1) is 0 Å². The molecule has 0 radical (unpaired) electrons. The number of anilines is 2. The van der Waals surface area contributed by atoms with Crippen molar-refractivity contribution in [1.29, 1.82) is 0 Å². The van der Waals surface area contributed by atoms with E-state index >= 15 is 0 Å². The summed E-state index contributed by atoms with van der Waals surface area (Å²) in [6.07, 6.45) is 2.28. The van der Waals surface area contributed by atoms with E-state index in [0.717, 1.165) is 11.1 Å². The second-order valence-corrected chi connectivity index (χ2v) is 13.4. The van der Waals surface area contributed by atoms with Crippen LogP contribution in [0, 0.1) is 21.7 Å². The molecule has 8 heteroatoms. The molecule has 8 nitrogen and oxygen atoms in total. The summed E-state index contributed by atoms with van der Waals surface area (Å²) >= 11 is 0. The minimum atomic E-state index is -1.17. The summed E-state index contributed by atoms with van der Waals surface area (Å²) in [5.74, 6) is -1.19. The molecule has 2 heterocycles. The van der Waals surface area contributed by atoms with E-state index in [1.807, 2.05) is 90.1 Å². The first-order chi connectivity index (χ1) is 18.6. The fraction of sp³-hybridized carbons (Fsp3) is 0.500. The van der Waals surface area contributed by atoms with Gasteiger partial charge < -0.3 is 20.1 Å². The molecule has 6 rings (SSSR count). The predicted molar refractivity (Wildman–Crippen MR) is 149 cm³/mol. The van der Waals surface area contributed by atoms with Crippen molar-refractivity contribution in [3.63, 3.8) is 0 Å². The van der Waals surface area contributed by atoms with Gasteiger partial charge in [0.15, 0.2) is 11.2 Å². The molecule has 0 spiro atoms. The van der Waals surface area contributed by atoms with Gasteiger partial charge in [0.2, 0.25) is 0 Å². The Hall–Kier alpha value is -3.68. The molecule has 2 aromatic rings. The summed E-state index contributed by atoms with van der Waals surface area (Å²) in [5, 5.41) is 5.91. The molecule has 4 atom stereocenters. The van der Waals surface area contributed by atoms with Crippen LogP contribution >= 0.6 is 0 Å². The maximum atomic E-state index is 13.3. The number of nitrogens with one attached hydrogen (secondary N) is 2. The number of carbonyl (C=O) groups excluding carboxylic acids is 4. The number of amides is 2. The fourth-order valence-corrected chi connectivity index (χ4v) is 7.45. The number of esters is 2. The van der Waals surface area contributed by atoms with E-state index in [-0.39, 0.29) is 23.8 Å². The SMILES string of the molecule is CC1(C)[C@@]2(C(=O)Nc3ccc(-c4ccc(NC(=O)[C@@]56CC[C@](C)(C(=O)O5)C6(C)C)cc4)cc3)CC[C@]1(C)C(=O)O2. The van der Waals surface area contributed by atoms with E-state index in [9.17, 15) is 19.2 Å². The molecule has 2 aliphatic heterocycles. The van der Waals surface area contributed by atoms with Gasteiger partial charge >= 0.3 is 11.9 Å². The summed E-state index contributed by atoms with van der Waals surface area (Å²) in [4.78, 5) is 51.7. The van der Waals surface area contributed by atoms with Gasteiger partial charge in [0.1, 0.15) is 0 Å². The van der Waals surface area contributed by atoms with Crippen molar-refractivity contribution < 1.29 is 28.7 Å². The van der Waals surface area contributed by atoms with E-state index in [2.05, 4.69) is 10.6 Å². The lowest BCUT2D eigenvalue weighted by atomic mass is 9.66. The van der Waals surface area contributed by atoms with Crippen LogP contribution in [-0.4, -0.2) is 35.0 Å². The summed E-state index contributed by atoms with van der Waals surface area (Å²) in [5.41, 5.74) is -1.75. The molecule has 2 saturated carbocycles. The molecule has 40 heavy (non-hydrogen) atoms. The minimum absolute atomic E-state index is 0.293. The van der Waals surface area contributed by atoms with Gasteiger partial charge in [-0.2, -0.15) is 0 Å². The highest BCUT2D eigenvalue weighted by Crippen LogP contribution is 2.66. The third kappa shape index (κ3) is 3.02. The van der Waals surface area contributed by atoms with E-state index in [1.54, 1.807) is 0 Å². The van der Waals surface area contributed by atoms with Crippen molar-refractivity contribution in [3.8, 4) is 11.1 Å². The molecule has 4 bridgehead atoms. The first-order valence-corrected chi connectivity index (χ1v) is 13.9. The Morgan fingerprint density at radius 3 is 1.15 bits per heavy atom. The zero-order valence-electron chi connectivity index (χ0n) is 23.9. The average Bonchev–Trinajstić information content (AvgIpc) is 3.38. The van der Waals surface area contributed by atoms with Gasteiger partial charge in [0.05, 0.1) is 10.8 Å².